The molecule has 1 aromatic carbocycles. The molecule has 1 heterocycles. The molecule has 252 valence electrons. The lowest BCUT2D eigenvalue weighted by molar-refractivity contribution is -0.133. The van der Waals surface area contributed by atoms with Crippen LogP contribution >= 0.6 is 0 Å². The van der Waals surface area contributed by atoms with Crippen LogP contribution in [0.15, 0.2) is 55.0 Å². The number of carbonyl (C=O) groups excluding carboxylic acids is 4. The van der Waals surface area contributed by atoms with E-state index < -0.39 is 36.0 Å². The second-order valence-electron chi connectivity index (χ2n) is 13.7. The normalized spacial score (nSPS) is 16.4. The summed E-state index contributed by atoms with van der Waals surface area (Å²) < 4.78 is 0. The van der Waals surface area contributed by atoms with Gasteiger partial charge in [0.05, 0.1) is 18.5 Å². The van der Waals surface area contributed by atoms with Gasteiger partial charge in [-0.15, -0.1) is 0 Å². The molecule has 0 radical (unpaired) electrons. The SMILES string of the molecule is C=C(C[C@H](O)[C@H](CC1CCCCC1)NC(=O)[C@H](Cc1cnc[nH]1)NC(=O)[C@H](Cc1ccccc1)NC(=O)CC(C)(C)C)C(=O)NC. The first-order chi connectivity index (χ1) is 21.8. The summed E-state index contributed by atoms with van der Waals surface area (Å²) in [4.78, 5) is 60.0. The summed E-state index contributed by atoms with van der Waals surface area (Å²) in [7, 11) is 1.50. The predicted octanol–water partition coefficient (Wildman–Crippen LogP) is 3.11. The average molecular weight is 637 g/mol. The van der Waals surface area contributed by atoms with Gasteiger partial charge in [-0.25, -0.2) is 4.98 Å². The molecular formula is C35H52N6O5. The number of imidazole rings is 1. The van der Waals surface area contributed by atoms with Crippen LogP contribution in [0.2, 0.25) is 0 Å². The molecule has 4 amide bonds. The number of hydrogen-bond donors (Lipinski definition) is 6. The van der Waals surface area contributed by atoms with Crippen molar-refractivity contribution in [3.63, 3.8) is 0 Å². The Balaban J connectivity index is 1.83. The summed E-state index contributed by atoms with van der Waals surface area (Å²) in [5.41, 5.74) is 1.43. The van der Waals surface area contributed by atoms with Crippen LogP contribution in [0.1, 0.15) is 83.4 Å². The standard InChI is InChI=1S/C35H52N6O5/c1-23(32(44)36-5)16-30(42)27(17-24-12-8-6-9-13-24)40-34(46)29(19-26-21-37-22-38-26)41-33(45)28(18-25-14-10-7-11-15-25)39-31(43)20-35(2,3)4/h7,10-11,14-15,21-22,24,27-30,42H,1,6,8-9,12-13,16-20H2,2-5H3,(H,36,44)(H,37,38)(H,39,43)(H,40,46)(H,41,45)/t27-,28-,29-,30-/m0/s1. The molecule has 3 rings (SSSR count). The Kier molecular flexibility index (Phi) is 14.0. The van der Waals surface area contributed by atoms with Crippen LogP contribution in [0.5, 0.6) is 0 Å². The lowest BCUT2D eigenvalue weighted by Crippen LogP contribution is -2.57. The van der Waals surface area contributed by atoms with Gasteiger partial charge in [-0.3, -0.25) is 19.2 Å². The molecule has 0 aliphatic heterocycles. The first-order valence-corrected chi connectivity index (χ1v) is 16.3. The second-order valence-corrected chi connectivity index (χ2v) is 13.7. The number of aromatic nitrogens is 2. The van der Waals surface area contributed by atoms with E-state index >= 15 is 0 Å². The van der Waals surface area contributed by atoms with Gasteiger partial charge in [0.2, 0.25) is 23.6 Å². The quantitative estimate of drug-likeness (QED) is 0.155. The van der Waals surface area contributed by atoms with Crippen molar-refractivity contribution in [3.8, 4) is 0 Å². The van der Waals surface area contributed by atoms with Crippen LogP contribution in [-0.2, 0) is 32.0 Å². The van der Waals surface area contributed by atoms with E-state index in [1.54, 1.807) is 6.20 Å². The topological polar surface area (TPSA) is 165 Å². The second kappa shape index (κ2) is 17.6. The van der Waals surface area contributed by atoms with Crippen molar-refractivity contribution in [2.24, 2.45) is 11.3 Å². The zero-order valence-electron chi connectivity index (χ0n) is 27.7. The lowest BCUT2D eigenvalue weighted by atomic mass is 9.83. The number of aliphatic hydroxyl groups excluding tert-OH is 1. The van der Waals surface area contributed by atoms with Crippen molar-refractivity contribution in [2.75, 3.05) is 7.05 Å². The number of H-pyrrole nitrogens is 1. The molecule has 1 aromatic heterocycles. The number of benzene rings is 1. The van der Waals surface area contributed by atoms with E-state index in [-0.39, 0.29) is 48.5 Å². The van der Waals surface area contributed by atoms with Crippen LogP contribution in [0, 0.1) is 11.3 Å². The van der Waals surface area contributed by atoms with Gasteiger partial charge in [-0.1, -0.05) is 89.8 Å². The minimum Gasteiger partial charge on any atom is -0.391 e. The maximum atomic E-state index is 14.0. The van der Waals surface area contributed by atoms with Gasteiger partial charge in [-0.2, -0.15) is 0 Å². The number of amides is 4. The zero-order chi connectivity index (χ0) is 33.7. The highest BCUT2D eigenvalue weighted by Crippen LogP contribution is 2.29. The van der Waals surface area contributed by atoms with E-state index in [0.717, 1.165) is 37.7 Å². The Labute approximate surface area is 272 Å². The Bertz CT molecular complexity index is 1280. The van der Waals surface area contributed by atoms with Crippen LogP contribution < -0.4 is 21.3 Å². The van der Waals surface area contributed by atoms with E-state index in [1.165, 1.54) is 13.4 Å². The van der Waals surface area contributed by atoms with Gasteiger partial charge in [0.15, 0.2) is 0 Å². The first-order valence-electron chi connectivity index (χ1n) is 16.3. The smallest absolute Gasteiger partial charge is 0.246 e. The van der Waals surface area contributed by atoms with Crippen molar-refractivity contribution in [1.29, 1.82) is 0 Å². The molecule has 11 heteroatoms. The number of carbonyl (C=O) groups is 4. The third-order valence-electron chi connectivity index (χ3n) is 8.34. The largest absolute Gasteiger partial charge is 0.391 e. The maximum Gasteiger partial charge on any atom is 0.246 e. The molecule has 4 atom stereocenters. The molecule has 46 heavy (non-hydrogen) atoms. The number of nitrogens with one attached hydrogen (secondary N) is 5. The number of hydrogen-bond acceptors (Lipinski definition) is 6. The average Bonchev–Trinajstić information content (AvgIpc) is 3.53. The molecule has 1 aliphatic carbocycles. The molecule has 1 fully saturated rings. The molecule has 0 bridgehead atoms. The number of rotatable bonds is 16. The molecule has 6 N–H and O–H groups in total. The van der Waals surface area contributed by atoms with Gasteiger partial charge in [0, 0.05) is 50.2 Å². The van der Waals surface area contributed by atoms with Crippen LogP contribution in [0.3, 0.4) is 0 Å². The molecular weight excluding hydrogens is 584 g/mol. The van der Waals surface area contributed by atoms with E-state index in [2.05, 4.69) is 37.8 Å². The molecule has 0 spiro atoms. The van der Waals surface area contributed by atoms with E-state index in [1.807, 2.05) is 51.1 Å². The molecule has 2 aromatic rings. The molecule has 0 unspecified atom stereocenters. The van der Waals surface area contributed by atoms with Crippen LogP contribution in [0.4, 0.5) is 0 Å². The van der Waals surface area contributed by atoms with E-state index in [0.29, 0.717) is 18.0 Å². The third kappa shape index (κ3) is 12.4. The summed E-state index contributed by atoms with van der Waals surface area (Å²) >= 11 is 0. The summed E-state index contributed by atoms with van der Waals surface area (Å²) in [6, 6.07) is 6.76. The Morgan fingerprint density at radius 2 is 1.63 bits per heavy atom. The van der Waals surface area contributed by atoms with Crippen LogP contribution in [0.25, 0.3) is 0 Å². The lowest BCUT2D eigenvalue weighted by Gasteiger charge is -2.32. The summed E-state index contributed by atoms with van der Waals surface area (Å²) in [5.74, 6) is -1.29. The van der Waals surface area contributed by atoms with E-state index in [9.17, 15) is 24.3 Å². The fraction of sp³-hybridized carbons (Fsp3) is 0.571. The molecule has 0 saturated heterocycles. The Morgan fingerprint density at radius 3 is 2.24 bits per heavy atom. The number of aliphatic hydroxyl groups is 1. The van der Waals surface area contributed by atoms with Crippen molar-refractivity contribution < 1.29 is 24.3 Å². The van der Waals surface area contributed by atoms with Crippen molar-refractivity contribution in [1.82, 2.24) is 31.2 Å². The number of nitrogens with zero attached hydrogens (tertiary/aromatic N) is 1. The van der Waals surface area contributed by atoms with Gasteiger partial charge >= 0.3 is 0 Å². The van der Waals surface area contributed by atoms with Gasteiger partial charge in [0.25, 0.3) is 0 Å². The first kappa shape index (κ1) is 36.5. The summed E-state index contributed by atoms with van der Waals surface area (Å²) in [6.45, 7) is 9.66. The molecule has 1 aliphatic rings. The highest BCUT2D eigenvalue weighted by Gasteiger charge is 2.33. The van der Waals surface area contributed by atoms with Gasteiger partial charge in [0.1, 0.15) is 12.1 Å². The van der Waals surface area contributed by atoms with Crippen molar-refractivity contribution >= 4 is 23.6 Å². The highest BCUT2D eigenvalue weighted by molar-refractivity contribution is 5.93. The summed E-state index contributed by atoms with van der Waals surface area (Å²) in [5, 5.41) is 22.6. The monoisotopic (exact) mass is 636 g/mol. The van der Waals surface area contributed by atoms with Crippen molar-refractivity contribution in [3.05, 3.63) is 66.3 Å². The van der Waals surface area contributed by atoms with Crippen LogP contribution in [-0.4, -0.2) is 70.0 Å². The Hall–Kier alpha value is -3.99. The minimum atomic E-state index is -1.05. The fourth-order valence-electron chi connectivity index (χ4n) is 5.93. The maximum absolute atomic E-state index is 14.0. The van der Waals surface area contributed by atoms with Crippen molar-refractivity contribution in [2.45, 2.75) is 109 Å². The predicted molar refractivity (Wildman–Crippen MR) is 177 cm³/mol. The van der Waals surface area contributed by atoms with E-state index in [4.69, 9.17) is 0 Å². The number of likely N-dealkylation sites (N-methyl/N-ethyl adjacent to an activating group) is 1. The fourth-order valence-corrected chi connectivity index (χ4v) is 5.93. The van der Waals surface area contributed by atoms with Gasteiger partial charge in [-0.05, 0) is 23.3 Å². The molecule has 11 nitrogen and oxygen atoms in total. The third-order valence-corrected chi connectivity index (χ3v) is 8.34. The number of aromatic amines is 1. The highest BCUT2D eigenvalue weighted by atomic mass is 16.3. The van der Waals surface area contributed by atoms with Gasteiger partial charge < -0.3 is 31.4 Å². The zero-order valence-corrected chi connectivity index (χ0v) is 27.7. The molecule has 1 saturated carbocycles. The summed E-state index contributed by atoms with van der Waals surface area (Å²) in [6.07, 6.45) is 8.49. The Morgan fingerprint density at radius 1 is 0.978 bits per heavy atom. The minimum absolute atomic E-state index is 0.00608.